The summed E-state index contributed by atoms with van der Waals surface area (Å²) in [5, 5.41) is 9.45. The minimum atomic E-state index is 0.0533. The van der Waals surface area contributed by atoms with Gasteiger partial charge in [0.2, 0.25) is 0 Å². The van der Waals surface area contributed by atoms with Crippen LogP contribution in [-0.4, -0.2) is 54.2 Å². The summed E-state index contributed by atoms with van der Waals surface area (Å²) in [7, 11) is 1.62. The number of aliphatic hydroxyl groups excluding tert-OH is 1. The summed E-state index contributed by atoms with van der Waals surface area (Å²) in [5.74, 6) is 0.653. The predicted octanol–water partition coefficient (Wildman–Crippen LogP) is 1.46. The van der Waals surface area contributed by atoms with Crippen molar-refractivity contribution in [3.63, 3.8) is 0 Å². The van der Waals surface area contributed by atoms with Crippen LogP contribution in [0.1, 0.15) is 40.0 Å². The summed E-state index contributed by atoms with van der Waals surface area (Å²) < 4.78 is 4.92. The van der Waals surface area contributed by atoms with Crippen molar-refractivity contribution >= 4 is 5.78 Å². The Kier molecular flexibility index (Phi) is 5.76. The fourth-order valence-electron chi connectivity index (χ4n) is 2.80. The fourth-order valence-corrected chi connectivity index (χ4v) is 2.80. The molecule has 0 aromatic heterocycles. The second-order valence-electron chi connectivity index (χ2n) is 6.25. The van der Waals surface area contributed by atoms with Gasteiger partial charge in [0, 0.05) is 38.1 Å². The first-order valence-corrected chi connectivity index (χ1v) is 6.76. The Labute approximate surface area is 110 Å². The summed E-state index contributed by atoms with van der Waals surface area (Å²) in [6, 6.07) is 0.199. The maximum atomic E-state index is 11.7. The molecule has 0 bridgehead atoms. The largest absolute Gasteiger partial charge is 0.395 e. The van der Waals surface area contributed by atoms with E-state index in [1.54, 1.807) is 7.11 Å². The minimum Gasteiger partial charge on any atom is -0.395 e. The first-order valence-electron chi connectivity index (χ1n) is 6.76. The number of ether oxygens (including phenoxy) is 1. The second-order valence-corrected chi connectivity index (χ2v) is 6.25. The molecule has 0 amide bonds. The van der Waals surface area contributed by atoms with Gasteiger partial charge >= 0.3 is 0 Å². The molecule has 1 aliphatic heterocycles. The molecule has 1 heterocycles. The molecule has 1 fully saturated rings. The van der Waals surface area contributed by atoms with Gasteiger partial charge < -0.3 is 9.84 Å². The fraction of sp³-hybridized carbons (Fsp3) is 0.929. The molecule has 2 atom stereocenters. The van der Waals surface area contributed by atoms with Gasteiger partial charge in [-0.2, -0.15) is 0 Å². The SMILES string of the molecule is COCCC(=O)C[C@@H]1CC(CO)N(C(C)(C)C)C1. The quantitative estimate of drug-likeness (QED) is 0.783. The Balaban J connectivity index is 2.49. The number of Topliss-reactive ketones (excluding diaryl/α,β-unsaturated/α-hetero) is 1. The van der Waals surface area contributed by atoms with E-state index in [0.717, 1.165) is 13.0 Å². The van der Waals surface area contributed by atoms with Crippen LogP contribution in [-0.2, 0) is 9.53 Å². The van der Waals surface area contributed by atoms with E-state index in [9.17, 15) is 9.90 Å². The summed E-state index contributed by atoms with van der Waals surface area (Å²) in [5.41, 5.74) is 0.0533. The van der Waals surface area contributed by atoms with Crippen molar-refractivity contribution in [1.82, 2.24) is 4.90 Å². The number of carbonyl (C=O) groups excluding carboxylic acids is 1. The van der Waals surface area contributed by atoms with Gasteiger partial charge in [-0.05, 0) is 33.1 Å². The summed E-state index contributed by atoms with van der Waals surface area (Å²) in [6.45, 7) is 8.08. The van der Waals surface area contributed by atoms with Gasteiger partial charge in [-0.3, -0.25) is 9.69 Å². The van der Waals surface area contributed by atoms with E-state index in [4.69, 9.17) is 4.74 Å². The molecule has 4 heteroatoms. The van der Waals surface area contributed by atoms with Crippen LogP contribution >= 0.6 is 0 Å². The van der Waals surface area contributed by atoms with Gasteiger partial charge in [0.15, 0.2) is 0 Å². The summed E-state index contributed by atoms with van der Waals surface area (Å²) >= 11 is 0. The van der Waals surface area contributed by atoms with Gasteiger partial charge in [-0.15, -0.1) is 0 Å². The number of ketones is 1. The number of hydrogen-bond acceptors (Lipinski definition) is 4. The molecular formula is C14H27NO3. The smallest absolute Gasteiger partial charge is 0.135 e. The van der Waals surface area contributed by atoms with Crippen LogP contribution in [0.3, 0.4) is 0 Å². The average molecular weight is 257 g/mol. The molecule has 18 heavy (non-hydrogen) atoms. The maximum Gasteiger partial charge on any atom is 0.135 e. The lowest BCUT2D eigenvalue weighted by Gasteiger charge is -2.36. The van der Waals surface area contributed by atoms with E-state index in [1.165, 1.54) is 0 Å². The summed E-state index contributed by atoms with van der Waals surface area (Å²) in [6.07, 6.45) is 2.05. The van der Waals surface area contributed by atoms with Crippen molar-refractivity contribution in [2.75, 3.05) is 26.9 Å². The van der Waals surface area contributed by atoms with Crippen LogP contribution in [0.15, 0.2) is 0 Å². The number of rotatable bonds is 6. The van der Waals surface area contributed by atoms with Gasteiger partial charge in [0.25, 0.3) is 0 Å². The Hall–Kier alpha value is -0.450. The second kappa shape index (κ2) is 6.64. The van der Waals surface area contributed by atoms with Gasteiger partial charge in [-0.1, -0.05) is 0 Å². The maximum absolute atomic E-state index is 11.7. The van der Waals surface area contributed by atoms with E-state index >= 15 is 0 Å². The lowest BCUT2D eigenvalue weighted by molar-refractivity contribution is -0.120. The minimum absolute atomic E-state index is 0.0533. The molecular weight excluding hydrogens is 230 g/mol. The topological polar surface area (TPSA) is 49.8 Å². The highest BCUT2D eigenvalue weighted by molar-refractivity contribution is 5.78. The molecule has 106 valence electrons. The summed E-state index contributed by atoms with van der Waals surface area (Å²) in [4.78, 5) is 14.1. The van der Waals surface area contributed by atoms with Crippen molar-refractivity contribution in [1.29, 1.82) is 0 Å². The van der Waals surface area contributed by atoms with Gasteiger partial charge in [0.1, 0.15) is 5.78 Å². The van der Waals surface area contributed by atoms with E-state index in [-0.39, 0.29) is 24.0 Å². The molecule has 0 radical (unpaired) electrons. The van der Waals surface area contributed by atoms with Crippen molar-refractivity contribution < 1.29 is 14.6 Å². The average Bonchev–Trinajstić information content (AvgIpc) is 2.69. The van der Waals surface area contributed by atoms with Crippen molar-refractivity contribution in [2.24, 2.45) is 5.92 Å². The van der Waals surface area contributed by atoms with E-state index < -0.39 is 0 Å². The number of nitrogens with zero attached hydrogens (tertiary/aromatic N) is 1. The lowest BCUT2D eigenvalue weighted by atomic mass is 9.98. The van der Waals surface area contributed by atoms with Crippen molar-refractivity contribution in [2.45, 2.75) is 51.6 Å². The molecule has 4 nitrogen and oxygen atoms in total. The number of likely N-dealkylation sites (tertiary alicyclic amines) is 1. The third kappa shape index (κ3) is 4.34. The monoisotopic (exact) mass is 257 g/mol. The Bertz CT molecular complexity index is 273. The Morgan fingerprint density at radius 3 is 2.56 bits per heavy atom. The first kappa shape index (κ1) is 15.6. The lowest BCUT2D eigenvalue weighted by Crippen LogP contribution is -2.46. The molecule has 0 spiro atoms. The molecule has 1 aliphatic rings. The molecule has 1 unspecified atom stereocenters. The highest BCUT2D eigenvalue weighted by atomic mass is 16.5. The third-order valence-corrected chi connectivity index (χ3v) is 3.67. The zero-order valence-electron chi connectivity index (χ0n) is 12.1. The first-order chi connectivity index (χ1) is 8.38. The molecule has 0 aromatic rings. The standard InChI is InChI=1S/C14H27NO3/c1-14(2,3)15-9-11(7-12(15)10-16)8-13(17)5-6-18-4/h11-12,16H,5-10H2,1-4H3/t11-,12?/m0/s1. The van der Waals surface area contributed by atoms with Gasteiger partial charge in [-0.25, -0.2) is 0 Å². The molecule has 1 saturated heterocycles. The molecule has 0 saturated carbocycles. The van der Waals surface area contributed by atoms with Crippen molar-refractivity contribution in [3.05, 3.63) is 0 Å². The van der Waals surface area contributed by atoms with E-state index in [2.05, 4.69) is 25.7 Å². The van der Waals surface area contributed by atoms with E-state index in [0.29, 0.717) is 25.4 Å². The van der Waals surface area contributed by atoms with Crippen LogP contribution in [0.2, 0.25) is 0 Å². The van der Waals surface area contributed by atoms with Crippen LogP contribution in [0.25, 0.3) is 0 Å². The molecule has 0 aromatic carbocycles. The zero-order valence-corrected chi connectivity index (χ0v) is 12.1. The van der Waals surface area contributed by atoms with Crippen LogP contribution in [0.5, 0.6) is 0 Å². The normalized spacial score (nSPS) is 25.6. The number of hydrogen-bond donors (Lipinski definition) is 1. The third-order valence-electron chi connectivity index (χ3n) is 3.67. The van der Waals surface area contributed by atoms with Crippen LogP contribution in [0, 0.1) is 5.92 Å². The van der Waals surface area contributed by atoms with Crippen LogP contribution < -0.4 is 0 Å². The van der Waals surface area contributed by atoms with Gasteiger partial charge in [0.05, 0.1) is 13.2 Å². The Morgan fingerprint density at radius 2 is 2.11 bits per heavy atom. The molecule has 0 aliphatic carbocycles. The van der Waals surface area contributed by atoms with Crippen LogP contribution in [0.4, 0.5) is 0 Å². The Morgan fingerprint density at radius 1 is 1.44 bits per heavy atom. The molecule has 1 N–H and O–H groups in total. The highest BCUT2D eigenvalue weighted by Crippen LogP contribution is 2.31. The number of carbonyl (C=O) groups is 1. The predicted molar refractivity (Wildman–Crippen MR) is 71.6 cm³/mol. The molecule has 1 rings (SSSR count). The highest BCUT2D eigenvalue weighted by Gasteiger charge is 2.38. The number of methoxy groups -OCH3 is 1. The number of aliphatic hydroxyl groups is 1. The zero-order chi connectivity index (χ0) is 13.8. The van der Waals surface area contributed by atoms with E-state index in [1.807, 2.05) is 0 Å². The van der Waals surface area contributed by atoms with Crippen molar-refractivity contribution in [3.8, 4) is 0 Å².